The number of nitrogens with zero attached hydrogens (tertiary/aromatic N) is 1. The Morgan fingerprint density at radius 3 is 2.47 bits per heavy atom. The third kappa shape index (κ3) is 3.48. The molecule has 0 amide bonds. The van der Waals surface area contributed by atoms with Gasteiger partial charge in [0.1, 0.15) is 0 Å². The van der Waals surface area contributed by atoms with E-state index in [1.165, 1.54) is 12.1 Å². The minimum atomic E-state index is -4.38. The minimum Gasteiger partial charge on any atom is -0.308 e. The third-order valence-electron chi connectivity index (χ3n) is 2.61. The molecule has 0 heterocycles. The van der Waals surface area contributed by atoms with Gasteiger partial charge in [-0.15, -0.1) is 0 Å². The first-order chi connectivity index (χ1) is 8.00. The molecule has 0 N–H and O–H groups in total. The SMILES string of the molecule is [C-]#[N+]C(CCCC)c1ccccc1C(F)(F)F. The maximum absolute atomic E-state index is 12.8. The maximum Gasteiger partial charge on any atom is 0.416 e. The summed E-state index contributed by atoms with van der Waals surface area (Å²) in [5.41, 5.74) is -0.583. The summed E-state index contributed by atoms with van der Waals surface area (Å²) >= 11 is 0. The smallest absolute Gasteiger partial charge is 0.308 e. The van der Waals surface area contributed by atoms with E-state index in [1.807, 2.05) is 6.92 Å². The van der Waals surface area contributed by atoms with Crippen LogP contribution in [0.25, 0.3) is 4.85 Å². The van der Waals surface area contributed by atoms with Gasteiger partial charge in [0.2, 0.25) is 6.04 Å². The Hall–Kier alpha value is -1.50. The van der Waals surface area contributed by atoms with E-state index in [2.05, 4.69) is 4.85 Å². The van der Waals surface area contributed by atoms with Crippen LogP contribution in [0.5, 0.6) is 0 Å². The fourth-order valence-electron chi connectivity index (χ4n) is 1.73. The standard InChI is InChI=1S/C13H14F3N/c1-3-4-9-12(17-2)10-7-5-6-8-11(10)13(14,15)16/h5-8,12H,3-4,9H2,1H3. The molecule has 1 unspecified atom stereocenters. The molecule has 0 fully saturated rings. The molecule has 1 aromatic carbocycles. The van der Waals surface area contributed by atoms with Crippen molar-refractivity contribution in [1.29, 1.82) is 0 Å². The lowest BCUT2D eigenvalue weighted by Gasteiger charge is -2.13. The van der Waals surface area contributed by atoms with Gasteiger partial charge >= 0.3 is 6.18 Å². The lowest BCUT2D eigenvalue weighted by atomic mass is 9.96. The predicted molar refractivity (Wildman–Crippen MR) is 60.3 cm³/mol. The minimum absolute atomic E-state index is 0.100. The summed E-state index contributed by atoms with van der Waals surface area (Å²) in [6, 6.07) is 4.66. The van der Waals surface area contributed by atoms with E-state index in [9.17, 15) is 13.2 Å². The second-order valence-corrected chi connectivity index (χ2v) is 3.87. The molecular formula is C13H14F3N. The largest absolute Gasteiger partial charge is 0.416 e. The van der Waals surface area contributed by atoms with Crippen LogP contribution in [-0.2, 0) is 6.18 Å². The quantitative estimate of drug-likeness (QED) is 0.663. The Bertz CT molecular complexity index is 404. The van der Waals surface area contributed by atoms with Crippen molar-refractivity contribution in [2.24, 2.45) is 0 Å². The number of hydrogen-bond donors (Lipinski definition) is 0. The lowest BCUT2D eigenvalue weighted by molar-refractivity contribution is -0.138. The summed E-state index contributed by atoms with van der Waals surface area (Å²) in [6.45, 7) is 8.99. The van der Waals surface area contributed by atoms with E-state index in [0.717, 1.165) is 18.9 Å². The third-order valence-corrected chi connectivity index (χ3v) is 2.61. The summed E-state index contributed by atoms with van der Waals surface area (Å²) in [6.07, 6.45) is -2.27. The van der Waals surface area contributed by atoms with Gasteiger partial charge < -0.3 is 4.85 Å². The zero-order chi connectivity index (χ0) is 12.9. The average molecular weight is 241 g/mol. The van der Waals surface area contributed by atoms with Crippen molar-refractivity contribution in [2.45, 2.75) is 38.4 Å². The van der Waals surface area contributed by atoms with Crippen LogP contribution >= 0.6 is 0 Å². The van der Waals surface area contributed by atoms with Crippen LogP contribution in [0.2, 0.25) is 0 Å². The summed E-state index contributed by atoms with van der Waals surface area (Å²) in [7, 11) is 0. The average Bonchev–Trinajstić information content (AvgIpc) is 2.29. The second-order valence-electron chi connectivity index (χ2n) is 3.87. The number of rotatable bonds is 4. The van der Waals surface area contributed by atoms with Gasteiger partial charge in [0.15, 0.2) is 0 Å². The fourth-order valence-corrected chi connectivity index (χ4v) is 1.73. The zero-order valence-corrected chi connectivity index (χ0v) is 9.59. The van der Waals surface area contributed by atoms with Gasteiger partial charge in [-0.25, -0.2) is 6.57 Å². The molecule has 0 aromatic heterocycles. The van der Waals surface area contributed by atoms with Crippen LogP contribution in [0, 0.1) is 6.57 Å². The van der Waals surface area contributed by atoms with Gasteiger partial charge in [0.05, 0.1) is 5.56 Å². The molecule has 0 spiro atoms. The van der Waals surface area contributed by atoms with Crippen LogP contribution in [0.15, 0.2) is 24.3 Å². The maximum atomic E-state index is 12.8. The monoisotopic (exact) mass is 241 g/mol. The first kappa shape index (κ1) is 13.6. The highest BCUT2D eigenvalue weighted by Crippen LogP contribution is 2.37. The Balaban J connectivity index is 3.08. The summed E-state index contributed by atoms with van der Waals surface area (Å²) < 4.78 is 38.3. The highest BCUT2D eigenvalue weighted by molar-refractivity contribution is 5.33. The van der Waals surface area contributed by atoms with Crippen LogP contribution in [0.4, 0.5) is 13.2 Å². The molecule has 0 aliphatic carbocycles. The van der Waals surface area contributed by atoms with E-state index in [-0.39, 0.29) is 5.56 Å². The van der Waals surface area contributed by atoms with Crippen molar-refractivity contribution in [3.63, 3.8) is 0 Å². The number of alkyl halides is 3. The Morgan fingerprint density at radius 1 is 1.29 bits per heavy atom. The van der Waals surface area contributed by atoms with Crippen LogP contribution in [0.3, 0.4) is 0 Å². The molecule has 4 heteroatoms. The topological polar surface area (TPSA) is 4.36 Å². The van der Waals surface area contributed by atoms with Gasteiger partial charge in [-0.3, -0.25) is 0 Å². The van der Waals surface area contributed by atoms with Crippen molar-refractivity contribution in [1.82, 2.24) is 0 Å². The normalized spacial score (nSPS) is 13.1. The molecule has 1 nitrogen and oxygen atoms in total. The molecule has 1 rings (SSSR count). The van der Waals surface area contributed by atoms with Crippen molar-refractivity contribution in [3.05, 3.63) is 46.8 Å². The Morgan fingerprint density at radius 2 is 1.94 bits per heavy atom. The van der Waals surface area contributed by atoms with Gasteiger partial charge in [0, 0.05) is 12.0 Å². The molecule has 1 aromatic rings. The summed E-state index contributed by atoms with van der Waals surface area (Å²) in [5, 5.41) is 0. The van der Waals surface area contributed by atoms with E-state index in [4.69, 9.17) is 6.57 Å². The number of hydrogen-bond acceptors (Lipinski definition) is 0. The van der Waals surface area contributed by atoms with E-state index in [1.54, 1.807) is 6.07 Å². The van der Waals surface area contributed by atoms with E-state index < -0.39 is 17.8 Å². The molecule has 0 saturated carbocycles. The van der Waals surface area contributed by atoms with Crippen LogP contribution in [-0.4, -0.2) is 0 Å². The molecule has 1 atom stereocenters. The first-order valence-electron chi connectivity index (χ1n) is 5.53. The molecule has 0 radical (unpaired) electrons. The Labute approximate surface area is 99.1 Å². The molecular weight excluding hydrogens is 227 g/mol. The zero-order valence-electron chi connectivity index (χ0n) is 9.59. The molecule has 0 bridgehead atoms. The Kier molecular flexibility index (Phi) is 4.56. The van der Waals surface area contributed by atoms with Crippen molar-refractivity contribution < 1.29 is 13.2 Å². The number of halogens is 3. The lowest BCUT2D eigenvalue weighted by Crippen LogP contribution is -2.10. The van der Waals surface area contributed by atoms with Gasteiger partial charge in [-0.05, 0) is 12.5 Å². The fraction of sp³-hybridized carbons (Fsp3) is 0.462. The van der Waals surface area contributed by atoms with E-state index in [0.29, 0.717) is 6.42 Å². The van der Waals surface area contributed by atoms with Crippen molar-refractivity contribution in [2.75, 3.05) is 0 Å². The molecule has 0 aliphatic rings. The molecule has 0 saturated heterocycles. The molecule has 17 heavy (non-hydrogen) atoms. The number of unbranched alkanes of at least 4 members (excludes halogenated alkanes) is 1. The van der Waals surface area contributed by atoms with Crippen LogP contribution < -0.4 is 0 Å². The van der Waals surface area contributed by atoms with Crippen molar-refractivity contribution in [3.8, 4) is 0 Å². The summed E-state index contributed by atoms with van der Waals surface area (Å²) in [5.74, 6) is 0. The highest BCUT2D eigenvalue weighted by Gasteiger charge is 2.36. The van der Waals surface area contributed by atoms with Gasteiger partial charge in [-0.1, -0.05) is 31.5 Å². The highest BCUT2D eigenvalue weighted by atomic mass is 19.4. The summed E-state index contributed by atoms with van der Waals surface area (Å²) in [4.78, 5) is 3.32. The predicted octanol–water partition coefficient (Wildman–Crippen LogP) is 4.86. The van der Waals surface area contributed by atoms with Crippen LogP contribution in [0.1, 0.15) is 43.4 Å². The second kappa shape index (κ2) is 5.72. The van der Waals surface area contributed by atoms with Gasteiger partial charge in [-0.2, -0.15) is 13.2 Å². The first-order valence-corrected chi connectivity index (χ1v) is 5.53. The molecule has 92 valence electrons. The van der Waals surface area contributed by atoms with Gasteiger partial charge in [0.25, 0.3) is 0 Å². The van der Waals surface area contributed by atoms with Crippen molar-refractivity contribution >= 4 is 0 Å². The van der Waals surface area contributed by atoms with E-state index >= 15 is 0 Å². The molecule has 0 aliphatic heterocycles. The number of benzene rings is 1.